The normalized spacial score (nSPS) is 36.9. The van der Waals surface area contributed by atoms with Gasteiger partial charge in [-0.25, -0.2) is 4.79 Å². The summed E-state index contributed by atoms with van der Waals surface area (Å²) in [7, 11) is 0. The van der Waals surface area contributed by atoms with Crippen molar-refractivity contribution < 1.29 is 9.84 Å². The van der Waals surface area contributed by atoms with Gasteiger partial charge in [0.2, 0.25) is 0 Å². The summed E-state index contributed by atoms with van der Waals surface area (Å²) in [5.41, 5.74) is -1.26. The molecule has 0 aromatic carbocycles. The van der Waals surface area contributed by atoms with Crippen molar-refractivity contribution in [1.29, 1.82) is 0 Å². The molecule has 1 saturated heterocycles. The van der Waals surface area contributed by atoms with Crippen LogP contribution in [0.1, 0.15) is 44.4 Å². The lowest BCUT2D eigenvalue weighted by molar-refractivity contribution is -0.106. The van der Waals surface area contributed by atoms with Crippen LogP contribution in [0.3, 0.4) is 0 Å². The summed E-state index contributed by atoms with van der Waals surface area (Å²) in [5, 5.41) is 10.7. The second kappa shape index (κ2) is 4.56. The Balaban J connectivity index is 1.96. The highest BCUT2D eigenvalue weighted by atomic mass is 16.5. The van der Waals surface area contributed by atoms with E-state index in [9.17, 15) is 14.7 Å². The summed E-state index contributed by atoms with van der Waals surface area (Å²) in [6.45, 7) is 3.71. The number of hydrogen-bond donors (Lipinski definition) is 2. The van der Waals surface area contributed by atoms with Crippen molar-refractivity contribution in [1.82, 2.24) is 9.55 Å². The van der Waals surface area contributed by atoms with Crippen LogP contribution in [0.25, 0.3) is 0 Å². The SMILES string of the molecule is Cc1cn([C@H]2C[C@@]3(O)CCC[C@@H](C)[C@@H]3O2)c(=O)[nH]c1=O. The highest BCUT2D eigenvalue weighted by molar-refractivity contribution is 5.05. The van der Waals surface area contributed by atoms with Gasteiger partial charge in [0.15, 0.2) is 0 Å². The van der Waals surface area contributed by atoms with Gasteiger partial charge in [-0.3, -0.25) is 14.3 Å². The lowest BCUT2D eigenvalue weighted by atomic mass is 9.76. The third kappa shape index (κ3) is 2.03. The van der Waals surface area contributed by atoms with Crippen molar-refractivity contribution in [2.45, 2.75) is 57.5 Å². The first kappa shape index (κ1) is 13.6. The molecule has 0 bridgehead atoms. The fourth-order valence-corrected chi connectivity index (χ4v) is 3.52. The number of aromatic amines is 1. The Morgan fingerprint density at radius 1 is 1.50 bits per heavy atom. The van der Waals surface area contributed by atoms with Gasteiger partial charge in [0, 0.05) is 18.2 Å². The van der Waals surface area contributed by atoms with E-state index in [0.717, 1.165) is 12.8 Å². The van der Waals surface area contributed by atoms with Gasteiger partial charge in [-0.15, -0.1) is 0 Å². The van der Waals surface area contributed by atoms with Crippen molar-refractivity contribution in [2.24, 2.45) is 5.92 Å². The molecule has 3 rings (SSSR count). The van der Waals surface area contributed by atoms with Crippen molar-refractivity contribution in [3.05, 3.63) is 32.6 Å². The first-order valence-corrected chi connectivity index (χ1v) is 7.10. The molecule has 110 valence electrons. The smallest absolute Gasteiger partial charge is 0.330 e. The van der Waals surface area contributed by atoms with E-state index in [1.54, 1.807) is 6.92 Å². The molecule has 2 aliphatic rings. The van der Waals surface area contributed by atoms with Gasteiger partial charge in [0.25, 0.3) is 5.56 Å². The highest BCUT2D eigenvalue weighted by Crippen LogP contribution is 2.46. The Morgan fingerprint density at radius 2 is 2.25 bits per heavy atom. The number of fused-ring (bicyclic) bond motifs is 1. The fourth-order valence-electron chi connectivity index (χ4n) is 3.52. The van der Waals surface area contributed by atoms with Gasteiger partial charge < -0.3 is 9.84 Å². The second-order valence-corrected chi connectivity index (χ2v) is 6.17. The van der Waals surface area contributed by atoms with Crippen LogP contribution < -0.4 is 11.2 Å². The zero-order valence-electron chi connectivity index (χ0n) is 11.8. The van der Waals surface area contributed by atoms with Crippen molar-refractivity contribution in [2.75, 3.05) is 0 Å². The zero-order valence-corrected chi connectivity index (χ0v) is 11.8. The van der Waals surface area contributed by atoms with E-state index in [0.29, 0.717) is 18.4 Å². The number of rotatable bonds is 1. The minimum absolute atomic E-state index is 0.236. The van der Waals surface area contributed by atoms with Gasteiger partial charge in [0.1, 0.15) is 6.23 Å². The monoisotopic (exact) mass is 280 g/mol. The van der Waals surface area contributed by atoms with E-state index in [1.165, 1.54) is 10.8 Å². The van der Waals surface area contributed by atoms with Crippen LogP contribution in [0.4, 0.5) is 0 Å². The molecule has 1 aliphatic heterocycles. The number of aliphatic hydroxyl groups is 1. The van der Waals surface area contributed by atoms with Crippen molar-refractivity contribution in [3.8, 4) is 0 Å². The van der Waals surface area contributed by atoms with E-state index in [-0.39, 0.29) is 17.6 Å². The summed E-state index contributed by atoms with van der Waals surface area (Å²) in [5.74, 6) is 0.276. The Bertz CT molecular complexity index is 635. The lowest BCUT2D eigenvalue weighted by Gasteiger charge is -2.36. The fraction of sp³-hybridized carbons (Fsp3) is 0.714. The molecule has 6 nitrogen and oxygen atoms in total. The predicted octanol–water partition coefficient (Wildman–Crippen LogP) is 0.684. The number of aromatic nitrogens is 2. The van der Waals surface area contributed by atoms with E-state index < -0.39 is 17.5 Å². The average molecular weight is 280 g/mol. The molecule has 1 aromatic heterocycles. The molecule has 1 aromatic rings. The van der Waals surface area contributed by atoms with Gasteiger partial charge >= 0.3 is 5.69 Å². The predicted molar refractivity (Wildman–Crippen MR) is 72.6 cm³/mol. The third-order valence-corrected chi connectivity index (χ3v) is 4.60. The topological polar surface area (TPSA) is 84.3 Å². The minimum atomic E-state index is -0.855. The van der Waals surface area contributed by atoms with Crippen molar-refractivity contribution in [3.63, 3.8) is 0 Å². The standard InChI is InChI=1S/C14H20N2O4/c1-8-4-3-5-14(19)6-10(20-11(8)14)16-7-9(2)12(17)15-13(16)18/h7-8,10-11,19H,3-6H2,1-2H3,(H,15,17,18)/t8-,10-,11+,14+/m1/s1. The molecule has 0 radical (unpaired) electrons. The maximum atomic E-state index is 11.9. The molecule has 0 unspecified atom stereocenters. The Hall–Kier alpha value is -1.40. The van der Waals surface area contributed by atoms with Crippen LogP contribution in [-0.4, -0.2) is 26.4 Å². The molecule has 4 atom stereocenters. The molecule has 6 heteroatoms. The van der Waals surface area contributed by atoms with Gasteiger partial charge in [-0.2, -0.15) is 0 Å². The zero-order chi connectivity index (χ0) is 14.5. The molecule has 1 aliphatic carbocycles. The first-order valence-electron chi connectivity index (χ1n) is 7.10. The summed E-state index contributed by atoms with van der Waals surface area (Å²) in [6.07, 6.45) is 3.87. The van der Waals surface area contributed by atoms with Gasteiger partial charge in [-0.1, -0.05) is 13.3 Å². The van der Waals surface area contributed by atoms with E-state index in [2.05, 4.69) is 11.9 Å². The molecule has 0 spiro atoms. The number of aryl methyl sites for hydroxylation is 1. The van der Waals surface area contributed by atoms with Gasteiger partial charge in [0.05, 0.1) is 11.7 Å². The summed E-state index contributed by atoms with van der Waals surface area (Å²) in [4.78, 5) is 25.6. The maximum Gasteiger partial charge on any atom is 0.330 e. The maximum absolute atomic E-state index is 11.9. The molecule has 2 N–H and O–H groups in total. The Kier molecular flexibility index (Phi) is 3.10. The first-order chi connectivity index (χ1) is 9.40. The Morgan fingerprint density at radius 3 is 2.95 bits per heavy atom. The molecular weight excluding hydrogens is 260 g/mol. The quantitative estimate of drug-likeness (QED) is 0.792. The minimum Gasteiger partial charge on any atom is -0.387 e. The van der Waals surface area contributed by atoms with E-state index in [4.69, 9.17) is 4.74 Å². The molecule has 2 fully saturated rings. The molecule has 0 amide bonds. The summed E-state index contributed by atoms with van der Waals surface area (Å²) in [6, 6.07) is 0. The molecular formula is C14H20N2O4. The van der Waals surface area contributed by atoms with Crippen molar-refractivity contribution >= 4 is 0 Å². The van der Waals surface area contributed by atoms with Crippen LogP contribution in [-0.2, 0) is 4.74 Å². The molecule has 1 saturated carbocycles. The summed E-state index contributed by atoms with van der Waals surface area (Å²) >= 11 is 0. The Labute approximate surface area is 116 Å². The van der Waals surface area contributed by atoms with E-state index in [1.807, 2.05) is 0 Å². The lowest BCUT2D eigenvalue weighted by Crippen LogP contribution is -2.45. The van der Waals surface area contributed by atoms with Gasteiger partial charge in [-0.05, 0) is 25.7 Å². The number of ether oxygens (including phenoxy) is 1. The molecule has 2 heterocycles. The highest BCUT2D eigenvalue weighted by Gasteiger charge is 2.51. The largest absolute Gasteiger partial charge is 0.387 e. The van der Waals surface area contributed by atoms with Crippen LogP contribution >= 0.6 is 0 Å². The average Bonchev–Trinajstić information content (AvgIpc) is 2.72. The second-order valence-electron chi connectivity index (χ2n) is 6.17. The van der Waals surface area contributed by atoms with Crippen LogP contribution in [0.2, 0.25) is 0 Å². The third-order valence-electron chi connectivity index (χ3n) is 4.60. The van der Waals surface area contributed by atoms with Crippen LogP contribution in [0.5, 0.6) is 0 Å². The number of nitrogens with one attached hydrogen (secondary N) is 1. The number of nitrogens with zero attached hydrogens (tertiary/aromatic N) is 1. The van der Waals surface area contributed by atoms with E-state index >= 15 is 0 Å². The van der Waals surface area contributed by atoms with Crippen LogP contribution in [0.15, 0.2) is 15.8 Å². The number of H-pyrrole nitrogens is 1. The van der Waals surface area contributed by atoms with Crippen LogP contribution in [0, 0.1) is 12.8 Å². The number of hydrogen-bond acceptors (Lipinski definition) is 4. The molecule has 20 heavy (non-hydrogen) atoms. The summed E-state index contributed by atoms with van der Waals surface area (Å²) < 4.78 is 7.32.